The summed E-state index contributed by atoms with van der Waals surface area (Å²) in [5.41, 5.74) is 0.449. The minimum absolute atomic E-state index is 0.0235. The Morgan fingerprint density at radius 1 is 1.53 bits per heavy atom. The Balaban J connectivity index is 2.01. The molecule has 1 saturated heterocycles. The standard InChI is InChI=1S/C11H15N3O4S/c1-19(16,17)10-3-2-8(6-13-10)14-11(15)9-7-18-5-4-12-9/h2-3,6,9,12H,4-5,7H2,1H3,(H,14,15). The first kappa shape index (κ1) is 13.9. The molecule has 0 radical (unpaired) electrons. The second kappa shape index (κ2) is 5.64. The number of sulfone groups is 1. The maximum Gasteiger partial charge on any atom is 0.243 e. The maximum absolute atomic E-state index is 11.8. The summed E-state index contributed by atoms with van der Waals surface area (Å²) in [6, 6.07) is 2.46. The van der Waals surface area contributed by atoms with Gasteiger partial charge < -0.3 is 15.4 Å². The van der Waals surface area contributed by atoms with Crippen LogP contribution in [0.5, 0.6) is 0 Å². The van der Waals surface area contributed by atoms with E-state index in [-0.39, 0.29) is 10.9 Å². The molecule has 1 fully saturated rings. The van der Waals surface area contributed by atoms with E-state index in [9.17, 15) is 13.2 Å². The van der Waals surface area contributed by atoms with Crippen LogP contribution in [0.2, 0.25) is 0 Å². The van der Waals surface area contributed by atoms with Crippen LogP contribution in [-0.2, 0) is 19.4 Å². The number of anilines is 1. The zero-order chi connectivity index (χ0) is 13.9. The Labute approximate surface area is 111 Å². The first-order valence-corrected chi connectivity index (χ1v) is 7.64. The number of pyridine rings is 1. The number of carbonyl (C=O) groups is 1. The van der Waals surface area contributed by atoms with Crippen molar-refractivity contribution in [2.45, 2.75) is 11.1 Å². The molecular weight excluding hydrogens is 270 g/mol. The van der Waals surface area contributed by atoms with E-state index in [0.29, 0.717) is 25.4 Å². The molecule has 2 rings (SSSR count). The summed E-state index contributed by atoms with van der Waals surface area (Å²) in [6.07, 6.45) is 2.40. The predicted molar refractivity (Wildman–Crippen MR) is 68.6 cm³/mol. The third kappa shape index (κ3) is 3.72. The Bertz CT molecular complexity index is 550. The van der Waals surface area contributed by atoms with Crippen LogP contribution in [0.25, 0.3) is 0 Å². The van der Waals surface area contributed by atoms with E-state index in [0.717, 1.165) is 6.26 Å². The third-order valence-electron chi connectivity index (χ3n) is 2.62. The quantitative estimate of drug-likeness (QED) is 0.770. The Kier molecular flexibility index (Phi) is 4.13. The Morgan fingerprint density at radius 3 is 2.84 bits per heavy atom. The van der Waals surface area contributed by atoms with Gasteiger partial charge in [-0.2, -0.15) is 0 Å². The molecule has 1 aromatic rings. The fourth-order valence-corrected chi connectivity index (χ4v) is 2.20. The summed E-state index contributed by atoms with van der Waals surface area (Å²) in [7, 11) is -3.32. The highest BCUT2D eigenvalue weighted by Crippen LogP contribution is 2.10. The zero-order valence-electron chi connectivity index (χ0n) is 10.4. The van der Waals surface area contributed by atoms with Gasteiger partial charge in [0.1, 0.15) is 6.04 Å². The Morgan fingerprint density at radius 2 is 2.32 bits per heavy atom. The van der Waals surface area contributed by atoms with E-state index >= 15 is 0 Å². The van der Waals surface area contributed by atoms with E-state index in [2.05, 4.69) is 15.6 Å². The number of ether oxygens (including phenoxy) is 1. The van der Waals surface area contributed by atoms with Crippen LogP contribution in [0.4, 0.5) is 5.69 Å². The van der Waals surface area contributed by atoms with E-state index in [1.165, 1.54) is 18.3 Å². The fourth-order valence-electron chi connectivity index (χ4n) is 1.64. The van der Waals surface area contributed by atoms with Gasteiger partial charge in [0.15, 0.2) is 14.9 Å². The number of morpholine rings is 1. The second-order valence-electron chi connectivity index (χ2n) is 4.23. The van der Waals surface area contributed by atoms with Gasteiger partial charge in [-0.15, -0.1) is 0 Å². The summed E-state index contributed by atoms with van der Waals surface area (Å²) < 4.78 is 27.7. The maximum atomic E-state index is 11.8. The van der Waals surface area contributed by atoms with Crippen molar-refractivity contribution in [3.63, 3.8) is 0 Å². The van der Waals surface area contributed by atoms with Crippen molar-refractivity contribution in [3.05, 3.63) is 18.3 Å². The molecule has 1 aliphatic heterocycles. The van der Waals surface area contributed by atoms with Gasteiger partial charge in [0.2, 0.25) is 5.91 Å². The topological polar surface area (TPSA) is 97.4 Å². The zero-order valence-corrected chi connectivity index (χ0v) is 11.2. The van der Waals surface area contributed by atoms with Crippen LogP contribution in [0.3, 0.4) is 0 Å². The highest BCUT2D eigenvalue weighted by Gasteiger charge is 2.21. The lowest BCUT2D eigenvalue weighted by molar-refractivity contribution is -0.120. The smallest absolute Gasteiger partial charge is 0.243 e. The number of aromatic nitrogens is 1. The molecule has 1 atom stereocenters. The van der Waals surface area contributed by atoms with Crippen LogP contribution >= 0.6 is 0 Å². The molecule has 1 aromatic heterocycles. The highest BCUT2D eigenvalue weighted by molar-refractivity contribution is 7.90. The monoisotopic (exact) mass is 285 g/mol. The predicted octanol–water partition coefficient (Wildman–Crippen LogP) is -0.588. The van der Waals surface area contributed by atoms with Gasteiger partial charge >= 0.3 is 0 Å². The minimum Gasteiger partial charge on any atom is -0.378 e. The van der Waals surface area contributed by atoms with Crippen LogP contribution < -0.4 is 10.6 Å². The van der Waals surface area contributed by atoms with Crippen molar-refractivity contribution < 1.29 is 17.9 Å². The number of nitrogens with zero attached hydrogens (tertiary/aromatic N) is 1. The van der Waals surface area contributed by atoms with Gasteiger partial charge in [0.05, 0.1) is 25.1 Å². The molecule has 2 heterocycles. The van der Waals surface area contributed by atoms with Gasteiger partial charge in [-0.3, -0.25) is 4.79 Å². The number of nitrogens with one attached hydrogen (secondary N) is 2. The number of carbonyl (C=O) groups excluding carboxylic acids is 1. The van der Waals surface area contributed by atoms with Crippen molar-refractivity contribution in [1.29, 1.82) is 0 Å². The summed E-state index contributed by atoms with van der Waals surface area (Å²) in [5, 5.41) is 5.65. The second-order valence-corrected chi connectivity index (χ2v) is 6.19. The molecule has 104 valence electrons. The van der Waals surface area contributed by atoms with Crippen molar-refractivity contribution in [2.24, 2.45) is 0 Å². The van der Waals surface area contributed by atoms with Gasteiger partial charge in [0, 0.05) is 12.8 Å². The van der Waals surface area contributed by atoms with Crippen LogP contribution in [0.1, 0.15) is 0 Å². The molecule has 1 amide bonds. The average Bonchev–Trinajstić information content (AvgIpc) is 2.39. The number of rotatable bonds is 3. The highest BCUT2D eigenvalue weighted by atomic mass is 32.2. The molecule has 1 aliphatic rings. The molecule has 19 heavy (non-hydrogen) atoms. The van der Waals surface area contributed by atoms with E-state index in [4.69, 9.17) is 4.74 Å². The number of hydrogen-bond donors (Lipinski definition) is 2. The molecule has 0 bridgehead atoms. The molecule has 0 aliphatic carbocycles. The summed E-state index contributed by atoms with van der Waals surface area (Å²) in [5.74, 6) is -0.228. The molecule has 1 unspecified atom stereocenters. The lowest BCUT2D eigenvalue weighted by Gasteiger charge is -2.22. The molecule has 0 aromatic carbocycles. The first-order valence-electron chi connectivity index (χ1n) is 5.75. The first-order chi connectivity index (χ1) is 8.97. The van der Waals surface area contributed by atoms with Gasteiger partial charge in [-0.05, 0) is 12.1 Å². The van der Waals surface area contributed by atoms with Gasteiger partial charge in [-0.1, -0.05) is 0 Å². The molecule has 0 saturated carbocycles. The summed E-state index contributed by atoms with van der Waals surface area (Å²) in [4.78, 5) is 15.6. The molecule has 7 nitrogen and oxygen atoms in total. The molecule has 2 N–H and O–H groups in total. The third-order valence-corrected chi connectivity index (χ3v) is 3.62. The normalized spacial score (nSPS) is 19.9. The minimum atomic E-state index is -3.32. The molecule has 0 spiro atoms. The fraction of sp³-hybridized carbons (Fsp3) is 0.455. The Hall–Kier alpha value is -1.51. The van der Waals surface area contributed by atoms with E-state index in [1.807, 2.05) is 0 Å². The van der Waals surface area contributed by atoms with Crippen LogP contribution in [0.15, 0.2) is 23.4 Å². The van der Waals surface area contributed by atoms with Crippen molar-refractivity contribution in [3.8, 4) is 0 Å². The van der Waals surface area contributed by atoms with Crippen molar-refractivity contribution in [1.82, 2.24) is 10.3 Å². The van der Waals surface area contributed by atoms with E-state index in [1.54, 1.807) is 0 Å². The van der Waals surface area contributed by atoms with E-state index < -0.39 is 15.9 Å². The summed E-state index contributed by atoms with van der Waals surface area (Å²) in [6.45, 7) is 1.54. The lowest BCUT2D eigenvalue weighted by Crippen LogP contribution is -2.48. The largest absolute Gasteiger partial charge is 0.378 e. The van der Waals surface area contributed by atoms with Crippen LogP contribution in [0, 0.1) is 0 Å². The van der Waals surface area contributed by atoms with Crippen LogP contribution in [-0.4, -0.2) is 51.4 Å². The van der Waals surface area contributed by atoms with Crippen molar-refractivity contribution in [2.75, 3.05) is 31.3 Å². The lowest BCUT2D eigenvalue weighted by atomic mass is 10.2. The number of hydrogen-bond acceptors (Lipinski definition) is 6. The SMILES string of the molecule is CS(=O)(=O)c1ccc(NC(=O)C2COCCN2)cn1. The average molecular weight is 285 g/mol. The van der Waals surface area contributed by atoms with Gasteiger partial charge in [0.25, 0.3) is 0 Å². The van der Waals surface area contributed by atoms with Crippen molar-refractivity contribution >= 4 is 21.4 Å². The molecule has 8 heteroatoms. The molecular formula is C11H15N3O4S. The summed E-state index contributed by atoms with van der Waals surface area (Å²) >= 11 is 0. The van der Waals surface area contributed by atoms with Gasteiger partial charge in [-0.25, -0.2) is 13.4 Å². The number of amides is 1.